The molecule has 0 aliphatic heterocycles. The average Bonchev–Trinajstić information content (AvgIpc) is 2.04. The van der Waals surface area contributed by atoms with Crippen LogP contribution in [0.15, 0.2) is 24.3 Å². The second kappa shape index (κ2) is 3.72. The summed E-state index contributed by atoms with van der Waals surface area (Å²) >= 11 is 0. The lowest BCUT2D eigenvalue weighted by molar-refractivity contribution is 0.256. The van der Waals surface area contributed by atoms with Crippen LogP contribution >= 0.6 is 0 Å². The molecule has 0 bridgehead atoms. The topological polar surface area (TPSA) is 3.24 Å². The molecule has 1 aliphatic rings. The lowest BCUT2D eigenvalue weighted by Gasteiger charge is -2.29. The number of likely N-dealkylation sites (N-methyl/N-ethyl adjacent to an activating group) is 1. The van der Waals surface area contributed by atoms with Gasteiger partial charge in [-0.2, -0.15) is 0 Å². The fourth-order valence-electron chi connectivity index (χ4n) is 1.47. The summed E-state index contributed by atoms with van der Waals surface area (Å²) in [6, 6.07) is 0.602. The molecule has 0 amide bonds. The summed E-state index contributed by atoms with van der Waals surface area (Å²) in [5, 5.41) is 0. The van der Waals surface area contributed by atoms with Crippen molar-refractivity contribution in [2.75, 3.05) is 13.6 Å². The molecule has 2 unspecified atom stereocenters. The molecular formula is C10H17N. The molecule has 11 heavy (non-hydrogen) atoms. The van der Waals surface area contributed by atoms with Gasteiger partial charge in [-0.15, -0.1) is 0 Å². The van der Waals surface area contributed by atoms with Gasteiger partial charge in [-0.05, 0) is 19.5 Å². The van der Waals surface area contributed by atoms with Crippen LogP contribution in [0, 0.1) is 5.92 Å². The minimum absolute atomic E-state index is 0.602. The van der Waals surface area contributed by atoms with Crippen LogP contribution in [0.5, 0.6) is 0 Å². The van der Waals surface area contributed by atoms with Gasteiger partial charge in [0.2, 0.25) is 0 Å². The zero-order chi connectivity index (χ0) is 8.27. The maximum absolute atomic E-state index is 2.37. The summed E-state index contributed by atoms with van der Waals surface area (Å²) in [4.78, 5) is 2.37. The van der Waals surface area contributed by atoms with E-state index in [0.29, 0.717) is 12.0 Å². The largest absolute Gasteiger partial charge is 0.300 e. The van der Waals surface area contributed by atoms with Gasteiger partial charge in [-0.1, -0.05) is 38.2 Å². The Labute approximate surface area is 69.4 Å². The third-order valence-corrected chi connectivity index (χ3v) is 2.38. The number of allylic oxidation sites excluding steroid dienone is 2. The Morgan fingerprint density at radius 2 is 1.91 bits per heavy atom. The molecule has 0 N–H and O–H groups in total. The van der Waals surface area contributed by atoms with Gasteiger partial charge < -0.3 is 0 Å². The van der Waals surface area contributed by atoms with Crippen molar-refractivity contribution in [3.8, 4) is 0 Å². The smallest absolute Gasteiger partial charge is 0.0338 e. The molecule has 0 saturated carbocycles. The monoisotopic (exact) mass is 151 g/mol. The zero-order valence-electron chi connectivity index (χ0n) is 7.62. The molecule has 0 aromatic rings. The van der Waals surface area contributed by atoms with Crippen LogP contribution in [0.2, 0.25) is 0 Å². The highest BCUT2D eigenvalue weighted by Crippen LogP contribution is 2.16. The zero-order valence-corrected chi connectivity index (χ0v) is 7.62. The molecule has 0 radical (unpaired) electrons. The molecule has 62 valence electrons. The third-order valence-electron chi connectivity index (χ3n) is 2.38. The van der Waals surface area contributed by atoms with Gasteiger partial charge in [0.05, 0.1) is 0 Å². The van der Waals surface area contributed by atoms with E-state index in [0.717, 1.165) is 6.54 Å². The van der Waals surface area contributed by atoms with Crippen LogP contribution in [0.3, 0.4) is 0 Å². The second-order valence-electron chi connectivity index (χ2n) is 3.19. The fourth-order valence-corrected chi connectivity index (χ4v) is 1.47. The van der Waals surface area contributed by atoms with Gasteiger partial charge in [0.25, 0.3) is 0 Å². The fraction of sp³-hybridized carbons (Fsp3) is 0.600. The minimum Gasteiger partial charge on any atom is -0.300 e. The van der Waals surface area contributed by atoms with Crippen molar-refractivity contribution in [2.45, 2.75) is 19.9 Å². The van der Waals surface area contributed by atoms with Gasteiger partial charge in [0.15, 0.2) is 0 Å². The van der Waals surface area contributed by atoms with Crippen molar-refractivity contribution in [1.29, 1.82) is 0 Å². The van der Waals surface area contributed by atoms with E-state index in [1.54, 1.807) is 0 Å². The minimum atomic E-state index is 0.602. The van der Waals surface area contributed by atoms with E-state index in [1.165, 1.54) is 0 Å². The highest BCUT2D eigenvalue weighted by atomic mass is 15.1. The highest BCUT2D eigenvalue weighted by molar-refractivity contribution is 5.16. The maximum atomic E-state index is 2.37. The Morgan fingerprint density at radius 1 is 1.27 bits per heavy atom. The van der Waals surface area contributed by atoms with E-state index in [1.807, 2.05) is 0 Å². The summed E-state index contributed by atoms with van der Waals surface area (Å²) < 4.78 is 0. The van der Waals surface area contributed by atoms with Crippen molar-refractivity contribution in [3.63, 3.8) is 0 Å². The standard InChI is InChI=1S/C10H17N/c1-4-11(3)10-8-6-5-7-9(10)2/h5-10H,4H2,1-3H3. The van der Waals surface area contributed by atoms with Crippen LogP contribution in [-0.2, 0) is 0 Å². The van der Waals surface area contributed by atoms with Crippen molar-refractivity contribution in [1.82, 2.24) is 4.90 Å². The lowest BCUT2D eigenvalue weighted by Crippen LogP contribution is -2.35. The van der Waals surface area contributed by atoms with E-state index in [9.17, 15) is 0 Å². The van der Waals surface area contributed by atoms with Gasteiger partial charge in [0, 0.05) is 6.04 Å². The van der Waals surface area contributed by atoms with Crippen LogP contribution in [0.25, 0.3) is 0 Å². The number of hydrogen-bond acceptors (Lipinski definition) is 1. The first-order valence-corrected chi connectivity index (χ1v) is 4.31. The van der Waals surface area contributed by atoms with Crippen molar-refractivity contribution >= 4 is 0 Å². The summed E-state index contributed by atoms with van der Waals surface area (Å²) in [5.74, 6) is 0.657. The average molecular weight is 151 g/mol. The second-order valence-corrected chi connectivity index (χ2v) is 3.19. The molecule has 1 heteroatoms. The summed E-state index contributed by atoms with van der Waals surface area (Å²) in [6.07, 6.45) is 8.80. The Bertz CT molecular complexity index is 170. The summed E-state index contributed by atoms with van der Waals surface area (Å²) in [5.41, 5.74) is 0. The van der Waals surface area contributed by atoms with E-state index < -0.39 is 0 Å². The van der Waals surface area contributed by atoms with Gasteiger partial charge >= 0.3 is 0 Å². The van der Waals surface area contributed by atoms with E-state index in [2.05, 4.69) is 50.1 Å². The van der Waals surface area contributed by atoms with Gasteiger partial charge in [-0.3, -0.25) is 4.90 Å². The van der Waals surface area contributed by atoms with Crippen LogP contribution in [-0.4, -0.2) is 24.5 Å². The lowest BCUT2D eigenvalue weighted by atomic mass is 9.96. The summed E-state index contributed by atoms with van der Waals surface area (Å²) in [7, 11) is 2.17. The van der Waals surface area contributed by atoms with Crippen molar-refractivity contribution < 1.29 is 0 Å². The first-order valence-electron chi connectivity index (χ1n) is 4.31. The molecule has 0 aromatic heterocycles. The Hall–Kier alpha value is -0.560. The SMILES string of the molecule is CCN(C)C1C=CC=CC1C. The van der Waals surface area contributed by atoms with Crippen LogP contribution < -0.4 is 0 Å². The van der Waals surface area contributed by atoms with Gasteiger partial charge in [0.1, 0.15) is 0 Å². The molecule has 1 rings (SSSR count). The van der Waals surface area contributed by atoms with E-state index in [4.69, 9.17) is 0 Å². The third kappa shape index (κ3) is 1.93. The van der Waals surface area contributed by atoms with Crippen molar-refractivity contribution in [2.24, 2.45) is 5.92 Å². The molecule has 0 spiro atoms. The molecule has 0 aromatic carbocycles. The van der Waals surface area contributed by atoms with E-state index >= 15 is 0 Å². The Balaban J connectivity index is 2.58. The molecule has 0 saturated heterocycles. The molecule has 0 fully saturated rings. The molecular weight excluding hydrogens is 134 g/mol. The normalized spacial score (nSPS) is 29.8. The molecule has 2 atom stereocenters. The highest BCUT2D eigenvalue weighted by Gasteiger charge is 2.16. The molecule has 0 heterocycles. The quantitative estimate of drug-likeness (QED) is 0.584. The predicted octanol–water partition coefficient (Wildman–Crippen LogP) is 2.07. The molecule has 1 aliphatic carbocycles. The van der Waals surface area contributed by atoms with Crippen LogP contribution in [0.4, 0.5) is 0 Å². The first-order chi connectivity index (χ1) is 5.25. The van der Waals surface area contributed by atoms with Crippen LogP contribution in [0.1, 0.15) is 13.8 Å². The first kappa shape index (κ1) is 8.54. The Morgan fingerprint density at radius 3 is 2.45 bits per heavy atom. The molecule has 1 nitrogen and oxygen atoms in total. The maximum Gasteiger partial charge on any atom is 0.0338 e. The Kier molecular flexibility index (Phi) is 2.89. The number of hydrogen-bond donors (Lipinski definition) is 0. The summed E-state index contributed by atoms with van der Waals surface area (Å²) in [6.45, 7) is 5.57. The van der Waals surface area contributed by atoms with Crippen molar-refractivity contribution in [3.05, 3.63) is 24.3 Å². The van der Waals surface area contributed by atoms with E-state index in [-0.39, 0.29) is 0 Å². The number of rotatable bonds is 2. The number of nitrogens with zero attached hydrogens (tertiary/aromatic N) is 1. The van der Waals surface area contributed by atoms with Gasteiger partial charge in [-0.25, -0.2) is 0 Å². The predicted molar refractivity (Wildman–Crippen MR) is 49.5 cm³/mol.